The van der Waals surface area contributed by atoms with Gasteiger partial charge in [0.1, 0.15) is 18.2 Å². The van der Waals surface area contributed by atoms with E-state index in [1.807, 2.05) is 55.4 Å². The smallest absolute Gasteiger partial charge is 0.245 e. The lowest BCUT2D eigenvalue weighted by Gasteiger charge is -2.26. The van der Waals surface area contributed by atoms with Crippen LogP contribution in [0.15, 0.2) is 60.9 Å². The van der Waals surface area contributed by atoms with Gasteiger partial charge in [-0.1, -0.05) is 42.5 Å². The van der Waals surface area contributed by atoms with Crippen LogP contribution in [0.3, 0.4) is 0 Å². The summed E-state index contributed by atoms with van der Waals surface area (Å²) in [5, 5.41) is 14.2. The number of rotatable bonds is 8. The van der Waals surface area contributed by atoms with E-state index < -0.39 is 6.04 Å². The van der Waals surface area contributed by atoms with Crippen molar-refractivity contribution in [3.63, 3.8) is 0 Å². The zero-order valence-electron chi connectivity index (χ0n) is 15.9. The molecule has 0 aliphatic carbocycles. The van der Waals surface area contributed by atoms with E-state index in [9.17, 15) is 9.18 Å². The van der Waals surface area contributed by atoms with Gasteiger partial charge in [-0.25, -0.2) is 9.07 Å². The van der Waals surface area contributed by atoms with E-state index in [4.69, 9.17) is 0 Å². The Morgan fingerprint density at radius 3 is 2.61 bits per heavy atom. The predicted molar refractivity (Wildman–Crippen MR) is 103 cm³/mol. The summed E-state index contributed by atoms with van der Waals surface area (Å²) in [6.07, 6.45) is 1.90. The first-order valence-corrected chi connectivity index (χ1v) is 9.00. The minimum absolute atomic E-state index is 0.161. The molecule has 0 bridgehead atoms. The number of likely N-dealkylation sites (N-methyl/N-ethyl adjacent to an activating group) is 1. The largest absolute Gasteiger partial charge is 0.352 e. The average molecular weight is 382 g/mol. The molecule has 2 atom stereocenters. The molecule has 3 rings (SSSR count). The van der Waals surface area contributed by atoms with Gasteiger partial charge in [-0.2, -0.15) is 0 Å². The molecule has 0 saturated heterocycles. The third kappa shape index (κ3) is 4.98. The van der Waals surface area contributed by atoms with Crippen molar-refractivity contribution in [2.75, 3.05) is 20.6 Å². The maximum Gasteiger partial charge on any atom is 0.245 e. The highest BCUT2D eigenvalue weighted by Gasteiger charge is 2.24. The summed E-state index contributed by atoms with van der Waals surface area (Å²) in [4.78, 5) is 14.9. The highest BCUT2D eigenvalue weighted by Crippen LogP contribution is 2.19. The number of nitrogens with one attached hydrogen (secondary N) is 1. The molecule has 0 aliphatic rings. The molecular weight excluding hydrogens is 359 g/mol. The number of amides is 1. The molecule has 146 valence electrons. The van der Waals surface area contributed by atoms with Gasteiger partial charge in [0.25, 0.3) is 0 Å². The maximum atomic E-state index is 13.6. The topological polar surface area (TPSA) is 75.9 Å². The monoisotopic (exact) mass is 382 g/mol. The third-order valence-electron chi connectivity index (χ3n) is 4.59. The first-order chi connectivity index (χ1) is 13.5. The number of carbonyl (C=O) groups excluding carboxylic acids is 1. The molecule has 0 radical (unpaired) electrons. The van der Waals surface area contributed by atoms with Crippen LogP contribution >= 0.6 is 0 Å². The van der Waals surface area contributed by atoms with Crippen molar-refractivity contribution >= 4 is 5.91 Å². The quantitative estimate of drug-likeness (QED) is 0.645. The third-order valence-corrected chi connectivity index (χ3v) is 4.59. The Morgan fingerprint density at radius 1 is 1.18 bits per heavy atom. The minimum atomic E-state index is -0.576. The number of benzene rings is 2. The summed E-state index contributed by atoms with van der Waals surface area (Å²) < 4.78 is 15.1. The van der Waals surface area contributed by atoms with Gasteiger partial charge in [-0.15, -0.1) is 5.10 Å². The zero-order chi connectivity index (χ0) is 19.9. The van der Waals surface area contributed by atoms with E-state index >= 15 is 0 Å². The van der Waals surface area contributed by atoms with Crippen molar-refractivity contribution in [1.29, 1.82) is 0 Å². The van der Waals surface area contributed by atoms with Crippen molar-refractivity contribution in [2.45, 2.75) is 18.5 Å². The fourth-order valence-corrected chi connectivity index (χ4v) is 3.08. The van der Waals surface area contributed by atoms with Crippen LogP contribution in [-0.4, -0.2) is 51.7 Å². The second-order valence-corrected chi connectivity index (χ2v) is 6.77. The first kappa shape index (κ1) is 19.6. The van der Waals surface area contributed by atoms with Crippen LogP contribution in [0.25, 0.3) is 0 Å². The second kappa shape index (κ2) is 9.18. The molecule has 1 N–H and O–H groups in total. The van der Waals surface area contributed by atoms with Crippen molar-refractivity contribution in [1.82, 2.24) is 30.4 Å². The highest BCUT2D eigenvalue weighted by molar-refractivity contribution is 5.80. The summed E-state index contributed by atoms with van der Waals surface area (Å²) in [7, 11) is 3.79. The Morgan fingerprint density at radius 2 is 1.96 bits per heavy atom. The molecule has 2 unspecified atom stereocenters. The van der Waals surface area contributed by atoms with Crippen molar-refractivity contribution in [2.24, 2.45) is 0 Å². The van der Waals surface area contributed by atoms with Gasteiger partial charge < -0.3 is 10.2 Å². The number of hydrogen-bond acceptors (Lipinski definition) is 5. The molecule has 0 aliphatic heterocycles. The van der Waals surface area contributed by atoms with Crippen molar-refractivity contribution < 1.29 is 9.18 Å². The number of hydrogen-bond donors (Lipinski definition) is 1. The van der Waals surface area contributed by atoms with E-state index in [-0.39, 0.29) is 17.8 Å². The average Bonchev–Trinajstić information content (AvgIpc) is 3.21. The minimum Gasteiger partial charge on any atom is -0.352 e. The lowest BCUT2D eigenvalue weighted by molar-refractivity contribution is -0.124. The number of tetrazole rings is 1. The Labute approximate surface area is 163 Å². The molecule has 0 fully saturated rings. The molecule has 7 nitrogen and oxygen atoms in total. The lowest BCUT2D eigenvalue weighted by Crippen LogP contribution is -2.39. The van der Waals surface area contributed by atoms with E-state index in [0.717, 1.165) is 11.1 Å². The molecular formula is C20H23FN6O. The van der Waals surface area contributed by atoms with E-state index in [1.54, 1.807) is 6.07 Å². The summed E-state index contributed by atoms with van der Waals surface area (Å²) in [5.74, 6) is -0.495. The SMILES string of the molecule is CN(C)C(CNC(=O)C(Cc1ccccc1)n1cnnn1)c1cccc(F)c1. The van der Waals surface area contributed by atoms with Crippen LogP contribution in [0.2, 0.25) is 0 Å². The maximum absolute atomic E-state index is 13.6. The van der Waals surface area contributed by atoms with Crippen molar-refractivity contribution in [3.05, 3.63) is 77.9 Å². The Hall–Kier alpha value is -3.13. The summed E-state index contributed by atoms with van der Waals surface area (Å²) in [5.41, 5.74) is 1.81. The van der Waals surface area contributed by atoms with E-state index in [1.165, 1.54) is 23.1 Å². The molecule has 0 spiro atoms. The van der Waals surface area contributed by atoms with Gasteiger partial charge in [0.15, 0.2) is 0 Å². The van der Waals surface area contributed by atoms with E-state index in [0.29, 0.717) is 13.0 Å². The Balaban J connectivity index is 1.73. The normalized spacial score (nSPS) is 13.3. The molecule has 1 amide bonds. The first-order valence-electron chi connectivity index (χ1n) is 9.00. The molecule has 3 aromatic rings. The van der Waals surface area contributed by atoms with Gasteiger partial charge in [0.2, 0.25) is 5.91 Å². The summed E-state index contributed by atoms with van der Waals surface area (Å²) >= 11 is 0. The Kier molecular flexibility index (Phi) is 6.44. The van der Waals surface area contributed by atoms with Gasteiger partial charge in [-0.3, -0.25) is 4.79 Å². The number of carbonyl (C=O) groups is 1. The molecule has 8 heteroatoms. The van der Waals surface area contributed by atoms with Gasteiger partial charge in [-0.05, 0) is 47.8 Å². The Bertz CT molecular complexity index is 885. The summed E-state index contributed by atoms with van der Waals surface area (Å²) in [6, 6.07) is 15.4. The fourth-order valence-electron chi connectivity index (χ4n) is 3.08. The predicted octanol–water partition coefficient (Wildman–Crippen LogP) is 2.02. The van der Waals surface area contributed by atoms with Crippen LogP contribution in [0.5, 0.6) is 0 Å². The molecule has 2 aromatic carbocycles. The highest BCUT2D eigenvalue weighted by atomic mass is 19.1. The number of aromatic nitrogens is 4. The second-order valence-electron chi connectivity index (χ2n) is 6.77. The number of nitrogens with zero attached hydrogens (tertiary/aromatic N) is 5. The summed E-state index contributed by atoms with van der Waals surface area (Å²) in [6.45, 7) is 0.336. The number of halogens is 1. The van der Waals surface area contributed by atoms with Gasteiger partial charge in [0.05, 0.1) is 6.04 Å². The lowest BCUT2D eigenvalue weighted by atomic mass is 10.0. The van der Waals surface area contributed by atoms with Crippen LogP contribution < -0.4 is 5.32 Å². The van der Waals surface area contributed by atoms with Crippen LogP contribution in [0, 0.1) is 5.82 Å². The zero-order valence-corrected chi connectivity index (χ0v) is 15.9. The molecule has 1 heterocycles. The van der Waals surface area contributed by atoms with Gasteiger partial charge in [0, 0.05) is 13.0 Å². The van der Waals surface area contributed by atoms with E-state index in [2.05, 4.69) is 20.8 Å². The molecule has 0 saturated carbocycles. The molecule has 1 aromatic heterocycles. The van der Waals surface area contributed by atoms with Crippen molar-refractivity contribution in [3.8, 4) is 0 Å². The molecule has 28 heavy (non-hydrogen) atoms. The van der Waals surface area contributed by atoms with Crippen LogP contribution in [0.4, 0.5) is 4.39 Å². The van der Waals surface area contributed by atoms with Crippen LogP contribution in [-0.2, 0) is 11.2 Å². The van der Waals surface area contributed by atoms with Gasteiger partial charge >= 0.3 is 0 Å². The van der Waals surface area contributed by atoms with Crippen LogP contribution in [0.1, 0.15) is 23.2 Å². The fraction of sp³-hybridized carbons (Fsp3) is 0.300. The standard InChI is InChI=1S/C20H23FN6O/c1-26(2)19(16-9-6-10-17(21)12-16)13-22-20(28)18(27-14-23-24-25-27)11-15-7-4-3-5-8-15/h3-10,12,14,18-19H,11,13H2,1-2H3,(H,22,28).